The van der Waals surface area contributed by atoms with Gasteiger partial charge in [0.1, 0.15) is 11.7 Å². The van der Waals surface area contributed by atoms with E-state index in [-0.39, 0.29) is 35.8 Å². The molecule has 2 aromatic heterocycles. The predicted octanol–water partition coefficient (Wildman–Crippen LogP) is 5.01. The van der Waals surface area contributed by atoms with Gasteiger partial charge >= 0.3 is 6.09 Å². The molecular formula is C38H46N6O5. The lowest BCUT2D eigenvalue weighted by atomic mass is 9.75. The summed E-state index contributed by atoms with van der Waals surface area (Å²) in [6.45, 7) is 6.12. The number of carbonyl (C=O) groups is 3. The van der Waals surface area contributed by atoms with Crippen LogP contribution in [0.5, 0.6) is 0 Å². The van der Waals surface area contributed by atoms with Crippen LogP contribution in [-0.4, -0.2) is 87.2 Å². The molecule has 4 aliphatic rings. The number of benzene rings is 1. The fourth-order valence-corrected chi connectivity index (χ4v) is 7.89. The lowest BCUT2D eigenvalue weighted by Crippen LogP contribution is -2.44. The molecule has 2 unspecified atom stereocenters. The SMILES string of the molecule is COC1(C(=O)NC(C2=Cc3cccnc3C(C3CCN(C(=O)OC4CCN(C(C)=O)CC4)CC3)c3ccc(C)cc32)c2cncn2C)CC1. The van der Waals surface area contributed by atoms with Gasteiger partial charge in [0, 0.05) is 72.2 Å². The Morgan fingerprint density at radius 1 is 1.02 bits per heavy atom. The molecule has 2 saturated heterocycles. The standard InChI is InChI=1S/C38H46N6O5/c1-24-7-8-29-30(20-24)31(35(32-22-39-23-42(32)3)41-36(46)38(48-4)13-14-38)21-27-6-5-15-40-34(27)33(29)26-9-16-44(17-10-26)37(47)49-28-11-18-43(19-12-28)25(2)45/h5-8,15,20-23,26,28,33,35H,9-14,16-19H2,1-4H3,(H,41,46). The molecule has 3 aromatic rings. The fourth-order valence-electron chi connectivity index (χ4n) is 7.89. The summed E-state index contributed by atoms with van der Waals surface area (Å²) < 4.78 is 13.6. The minimum absolute atomic E-state index is 0.00809. The minimum Gasteiger partial charge on any atom is -0.446 e. The summed E-state index contributed by atoms with van der Waals surface area (Å²) in [6, 6.07) is 10.2. The number of hydrogen-bond acceptors (Lipinski definition) is 7. The molecule has 2 atom stereocenters. The second-order valence-electron chi connectivity index (χ2n) is 14.1. The average Bonchev–Trinajstić information content (AvgIpc) is 3.83. The van der Waals surface area contributed by atoms with E-state index < -0.39 is 11.6 Å². The number of ether oxygens (including phenoxy) is 2. The monoisotopic (exact) mass is 666 g/mol. The van der Waals surface area contributed by atoms with E-state index in [1.807, 2.05) is 39.9 Å². The molecule has 1 aromatic carbocycles. The van der Waals surface area contributed by atoms with Crippen LogP contribution in [0.25, 0.3) is 11.6 Å². The Kier molecular flexibility index (Phi) is 9.04. The van der Waals surface area contributed by atoms with Gasteiger partial charge in [-0.3, -0.25) is 14.6 Å². The number of imidazole rings is 1. The van der Waals surface area contributed by atoms with Crippen LogP contribution in [0.4, 0.5) is 4.79 Å². The van der Waals surface area contributed by atoms with E-state index in [0.717, 1.165) is 46.5 Å². The molecule has 1 N–H and O–H groups in total. The number of aromatic nitrogens is 3. The molecule has 2 aliphatic carbocycles. The second kappa shape index (κ2) is 13.4. The van der Waals surface area contributed by atoms with E-state index in [4.69, 9.17) is 14.5 Å². The highest BCUT2D eigenvalue weighted by Crippen LogP contribution is 2.48. The van der Waals surface area contributed by atoms with Crippen LogP contribution in [0.2, 0.25) is 0 Å². The van der Waals surface area contributed by atoms with Crippen molar-refractivity contribution in [3.63, 3.8) is 0 Å². The zero-order valence-electron chi connectivity index (χ0n) is 28.9. The third kappa shape index (κ3) is 6.48. The number of carbonyl (C=O) groups excluding carboxylic acids is 3. The highest BCUT2D eigenvalue weighted by Gasteiger charge is 2.51. The highest BCUT2D eigenvalue weighted by atomic mass is 16.6. The maximum atomic E-state index is 13.7. The number of methoxy groups -OCH3 is 1. The number of piperidine rings is 2. The van der Waals surface area contributed by atoms with E-state index in [1.165, 1.54) is 5.56 Å². The fraction of sp³-hybridized carbons (Fsp3) is 0.500. The number of pyridine rings is 1. The van der Waals surface area contributed by atoms with Gasteiger partial charge in [-0.05, 0) is 72.9 Å². The average molecular weight is 667 g/mol. The van der Waals surface area contributed by atoms with Crippen molar-refractivity contribution in [3.8, 4) is 0 Å². The first-order valence-electron chi connectivity index (χ1n) is 17.5. The third-order valence-corrected chi connectivity index (χ3v) is 11.0. The summed E-state index contributed by atoms with van der Waals surface area (Å²) >= 11 is 0. The normalized spacial score (nSPS) is 21.1. The number of rotatable bonds is 7. The summed E-state index contributed by atoms with van der Waals surface area (Å²) in [5.41, 5.74) is 6.46. The van der Waals surface area contributed by atoms with Gasteiger partial charge in [-0.1, -0.05) is 29.8 Å². The smallest absolute Gasteiger partial charge is 0.410 e. The summed E-state index contributed by atoms with van der Waals surface area (Å²) in [5, 5.41) is 3.37. The van der Waals surface area contributed by atoms with Gasteiger partial charge in [-0.25, -0.2) is 9.78 Å². The van der Waals surface area contributed by atoms with Crippen molar-refractivity contribution in [3.05, 3.63) is 82.7 Å². The van der Waals surface area contributed by atoms with E-state index in [0.29, 0.717) is 51.9 Å². The zero-order chi connectivity index (χ0) is 34.3. The number of nitrogens with zero attached hydrogens (tertiary/aromatic N) is 5. The Bertz CT molecular complexity index is 1760. The molecule has 3 fully saturated rings. The summed E-state index contributed by atoms with van der Waals surface area (Å²) in [5.74, 6) is 0.174. The van der Waals surface area contributed by atoms with Crippen LogP contribution < -0.4 is 5.32 Å². The van der Waals surface area contributed by atoms with Crippen LogP contribution in [-0.2, 0) is 26.1 Å². The Balaban J connectivity index is 1.18. The van der Waals surface area contributed by atoms with E-state index in [2.05, 4.69) is 47.6 Å². The molecule has 0 bridgehead atoms. The van der Waals surface area contributed by atoms with Crippen LogP contribution in [0, 0.1) is 12.8 Å². The highest BCUT2D eigenvalue weighted by molar-refractivity contribution is 5.94. The number of likely N-dealkylation sites (tertiary alicyclic amines) is 2. The van der Waals surface area contributed by atoms with Crippen molar-refractivity contribution >= 4 is 29.6 Å². The lowest BCUT2D eigenvalue weighted by molar-refractivity contribution is -0.134. The van der Waals surface area contributed by atoms with Crippen LogP contribution in [0.3, 0.4) is 0 Å². The topological polar surface area (TPSA) is 119 Å². The van der Waals surface area contributed by atoms with Crippen molar-refractivity contribution in [2.24, 2.45) is 13.0 Å². The molecule has 49 heavy (non-hydrogen) atoms. The van der Waals surface area contributed by atoms with Gasteiger partial charge < -0.3 is 29.2 Å². The Morgan fingerprint density at radius 2 is 1.76 bits per heavy atom. The molecule has 2 aliphatic heterocycles. The predicted molar refractivity (Wildman–Crippen MR) is 184 cm³/mol. The maximum absolute atomic E-state index is 13.7. The summed E-state index contributed by atoms with van der Waals surface area (Å²) in [4.78, 5) is 51.8. The molecule has 11 nitrogen and oxygen atoms in total. The number of nitrogens with one attached hydrogen (secondary N) is 1. The Labute approximate surface area is 287 Å². The van der Waals surface area contributed by atoms with Crippen molar-refractivity contribution in [2.45, 2.75) is 76.0 Å². The van der Waals surface area contributed by atoms with Gasteiger partial charge in [0.05, 0.1) is 30.0 Å². The largest absolute Gasteiger partial charge is 0.446 e. The molecule has 258 valence electrons. The van der Waals surface area contributed by atoms with Crippen LogP contribution in [0.1, 0.15) is 91.1 Å². The molecule has 0 spiro atoms. The van der Waals surface area contributed by atoms with Gasteiger partial charge in [0.2, 0.25) is 5.91 Å². The Morgan fingerprint density at radius 3 is 2.41 bits per heavy atom. The summed E-state index contributed by atoms with van der Waals surface area (Å²) in [6.07, 6.45) is 11.6. The number of amides is 3. The minimum atomic E-state index is -0.791. The maximum Gasteiger partial charge on any atom is 0.410 e. The molecule has 11 heteroatoms. The van der Waals surface area contributed by atoms with Crippen molar-refractivity contribution in [2.75, 3.05) is 33.3 Å². The molecule has 4 heterocycles. The molecule has 0 radical (unpaired) electrons. The quantitative estimate of drug-likeness (QED) is 0.377. The lowest BCUT2D eigenvalue weighted by Gasteiger charge is -2.37. The number of fused-ring (bicyclic) bond motifs is 2. The first-order valence-corrected chi connectivity index (χ1v) is 17.5. The second-order valence-corrected chi connectivity index (χ2v) is 14.1. The van der Waals surface area contributed by atoms with Gasteiger partial charge in [-0.2, -0.15) is 0 Å². The van der Waals surface area contributed by atoms with Gasteiger partial charge in [0.15, 0.2) is 0 Å². The van der Waals surface area contributed by atoms with Crippen molar-refractivity contribution in [1.29, 1.82) is 0 Å². The van der Waals surface area contributed by atoms with Gasteiger partial charge in [-0.15, -0.1) is 0 Å². The summed E-state index contributed by atoms with van der Waals surface area (Å²) in [7, 11) is 3.55. The molecule has 7 rings (SSSR count). The molecular weight excluding hydrogens is 620 g/mol. The van der Waals surface area contributed by atoms with Crippen LogP contribution >= 0.6 is 0 Å². The molecule has 1 saturated carbocycles. The Hall–Kier alpha value is -4.51. The van der Waals surface area contributed by atoms with Crippen molar-refractivity contribution < 1.29 is 23.9 Å². The van der Waals surface area contributed by atoms with E-state index in [1.54, 1.807) is 20.4 Å². The first-order chi connectivity index (χ1) is 23.7. The van der Waals surface area contributed by atoms with E-state index in [9.17, 15) is 14.4 Å². The number of hydrogen-bond donors (Lipinski definition) is 1. The number of aryl methyl sites for hydroxylation is 2. The molecule has 3 amide bonds. The zero-order valence-corrected chi connectivity index (χ0v) is 28.9. The van der Waals surface area contributed by atoms with Gasteiger partial charge in [0.25, 0.3) is 5.91 Å². The third-order valence-electron chi connectivity index (χ3n) is 11.0. The van der Waals surface area contributed by atoms with Crippen LogP contribution in [0.15, 0.2) is 49.1 Å². The van der Waals surface area contributed by atoms with Crippen molar-refractivity contribution in [1.82, 2.24) is 29.7 Å². The first kappa shape index (κ1) is 33.0. The van der Waals surface area contributed by atoms with E-state index >= 15 is 0 Å².